The van der Waals surface area contributed by atoms with E-state index in [1.54, 1.807) is 0 Å². The van der Waals surface area contributed by atoms with Crippen molar-refractivity contribution >= 4 is 5.97 Å². The van der Waals surface area contributed by atoms with Crippen LogP contribution in [-0.4, -0.2) is 49.1 Å². The molecule has 0 aromatic carbocycles. The van der Waals surface area contributed by atoms with Crippen molar-refractivity contribution in [3.8, 4) is 0 Å². The summed E-state index contributed by atoms with van der Waals surface area (Å²) in [5.74, 6) is -0.141. The van der Waals surface area contributed by atoms with Gasteiger partial charge in [-0.1, -0.05) is 45.4 Å². The lowest BCUT2D eigenvalue weighted by atomic mass is 9.89. The fourth-order valence-corrected chi connectivity index (χ4v) is 5.49. The van der Waals surface area contributed by atoms with Gasteiger partial charge in [-0.2, -0.15) is 0 Å². The molecular weight excluding hydrogens is 432 g/mol. The Morgan fingerprint density at radius 1 is 0.676 bits per heavy atom. The highest BCUT2D eigenvalue weighted by Crippen LogP contribution is 2.32. The van der Waals surface area contributed by atoms with Crippen LogP contribution >= 0.6 is 0 Å². The van der Waals surface area contributed by atoms with Crippen LogP contribution in [0.5, 0.6) is 0 Å². The van der Waals surface area contributed by atoms with Crippen molar-refractivity contribution < 1.29 is 28.5 Å². The summed E-state index contributed by atoms with van der Waals surface area (Å²) in [6, 6.07) is 0. The standard InChI is InChI=1S/C28H50O6/c1-6-28(4,5)27(29)34-26-18-24(32-20(2)30-22-13-9-7-10-14-22)17-25(19-26)33-21(3)31-23-15-11-8-12-16-23/h20-26H,6-19H2,1-5H3. The highest BCUT2D eigenvalue weighted by molar-refractivity contribution is 5.76. The maximum absolute atomic E-state index is 12.8. The largest absolute Gasteiger partial charge is 0.462 e. The number of carbonyl (C=O) groups excluding carboxylic acids is 1. The topological polar surface area (TPSA) is 63.2 Å². The maximum atomic E-state index is 12.8. The van der Waals surface area contributed by atoms with Crippen LogP contribution in [0.3, 0.4) is 0 Å². The van der Waals surface area contributed by atoms with Crippen LogP contribution < -0.4 is 0 Å². The molecule has 0 heterocycles. The van der Waals surface area contributed by atoms with Crippen LogP contribution in [0.4, 0.5) is 0 Å². The fourth-order valence-electron chi connectivity index (χ4n) is 5.49. The van der Waals surface area contributed by atoms with E-state index in [0.29, 0.717) is 25.0 Å². The lowest BCUT2D eigenvalue weighted by molar-refractivity contribution is -0.233. The third-order valence-electron chi connectivity index (χ3n) is 7.93. The molecule has 3 saturated carbocycles. The molecule has 0 bridgehead atoms. The zero-order valence-corrected chi connectivity index (χ0v) is 22.4. The van der Waals surface area contributed by atoms with Gasteiger partial charge in [0.05, 0.1) is 29.8 Å². The van der Waals surface area contributed by atoms with Crippen molar-refractivity contribution in [2.24, 2.45) is 5.41 Å². The molecule has 0 amide bonds. The molecule has 3 rings (SSSR count). The van der Waals surface area contributed by atoms with E-state index < -0.39 is 5.41 Å². The normalized spacial score (nSPS) is 29.5. The van der Waals surface area contributed by atoms with Gasteiger partial charge in [-0.05, 0) is 59.8 Å². The Morgan fingerprint density at radius 3 is 1.47 bits per heavy atom. The molecule has 0 N–H and O–H groups in total. The quantitative estimate of drug-likeness (QED) is 0.242. The SMILES string of the molecule is CCC(C)(C)C(=O)OC1CC(OC(C)OC2CCCCC2)CC(OC(C)OC2CCCCC2)C1. The molecule has 0 spiro atoms. The summed E-state index contributed by atoms with van der Waals surface area (Å²) >= 11 is 0. The summed E-state index contributed by atoms with van der Waals surface area (Å²) in [6.45, 7) is 9.90. The predicted molar refractivity (Wildman–Crippen MR) is 132 cm³/mol. The first-order valence-electron chi connectivity index (χ1n) is 14.1. The van der Waals surface area contributed by atoms with E-state index in [1.807, 2.05) is 34.6 Å². The van der Waals surface area contributed by atoms with Crippen molar-refractivity contribution in [3.63, 3.8) is 0 Å². The molecule has 6 nitrogen and oxygen atoms in total. The Hall–Kier alpha value is -0.690. The minimum atomic E-state index is -0.487. The lowest BCUT2D eigenvalue weighted by Gasteiger charge is -2.38. The number of hydrogen-bond donors (Lipinski definition) is 0. The Kier molecular flexibility index (Phi) is 11.1. The number of esters is 1. The number of carbonyl (C=O) groups is 1. The second-order valence-corrected chi connectivity index (χ2v) is 11.4. The van der Waals surface area contributed by atoms with Crippen molar-refractivity contribution in [2.75, 3.05) is 0 Å². The van der Waals surface area contributed by atoms with Gasteiger partial charge in [0.15, 0.2) is 12.6 Å². The molecule has 3 aliphatic rings. The molecular formula is C28H50O6. The Balaban J connectivity index is 1.56. The molecule has 198 valence electrons. The molecule has 3 fully saturated rings. The number of hydrogen-bond acceptors (Lipinski definition) is 6. The highest BCUT2D eigenvalue weighted by atomic mass is 16.7. The number of rotatable bonds is 11. The number of ether oxygens (including phenoxy) is 5. The van der Waals surface area contributed by atoms with Crippen LogP contribution in [0.25, 0.3) is 0 Å². The molecule has 3 aliphatic carbocycles. The monoisotopic (exact) mass is 482 g/mol. The first-order chi connectivity index (χ1) is 16.2. The van der Waals surface area contributed by atoms with Gasteiger partial charge in [0.2, 0.25) is 0 Å². The van der Waals surface area contributed by atoms with E-state index in [2.05, 4.69) is 0 Å². The van der Waals surface area contributed by atoms with Crippen LogP contribution in [-0.2, 0) is 28.5 Å². The highest BCUT2D eigenvalue weighted by Gasteiger charge is 2.37. The second-order valence-electron chi connectivity index (χ2n) is 11.4. The minimum Gasteiger partial charge on any atom is -0.462 e. The Labute approximate surface area is 207 Å². The van der Waals surface area contributed by atoms with Crippen LogP contribution in [0.2, 0.25) is 0 Å². The summed E-state index contributed by atoms with van der Waals surface area (Å²) in [5.41, 5.74) is -0.487. The fraction of sp³-hybridized carbons (Fsp3) is 0.964. The molecule has 0 aromatic rings. The van der Waals surface area contributed by atoms with E-state index in [4.69, 9.17) is 23.7 Å². The molecule has 0 aromatic heterocycles. The summed E-state index contributed by atoms with van der Waals surface area (Å²) < 4.78 is 31.1. The summed E-state index contributed by atoms with van der Waals surface area (Å²) in [5, 5.41) is 0. The average Bonchev–Trinajstić information content (AvgIpc) is 2.80. The van der Waals surface area contributed by atoms with Gasteiger partial charge < -0.3 is 23.7 Å². The van der Waals surface area contributed by atoms with E-state index in [1.165, 1.54) is 38.5 Å². The first kappa shape index (κ1) is 27.9. The van der Waals surface area contributed by atoms with Gasteiger partial charge >= 0.3 is 5.97 Å². The van der Waals surface area contributed by atoms with E-state index in [9.17, 15) is 4.79 Å². The maximum Gasteiger partial charge on any atom is 0.311 e. The molecule has 0 radical (unpaired) electrons. The van der Waals surface area contributed by atoms with Crippen LogP contribution in [0.15, 0.2) is 0 Å². The third kappa shape index (κ3) is 9.07. The van der Waals surface area contributed by atoms with Gasteiger partial charge in [-0.25, -0.2) is 0 Å². The predicted octanol–water partition coefficient (Wildman–Crippen LogP) is 6.68. The summed E-state index contributed by atoms with van der Waals surface area (Å²) in [6.07, 6.45) is 14.6. The van der Waals surface area contributed by atoms with Crippen molar-refractivity contribution in [2.45, 2.75) is 168 Å². The average molecular weight is 483 g/mol. The Bertz CT molecular complexity index is 560. The molecule has 0 aliphatic heterocycles. The molecule has 6 heteroatoms. The Morgan fingerprint density at radius 2 is 1.06 bits per heavy atom. The molecule has 0 saturated heterocycles. The molecule has 34 heavy (non-hydrogen) atoms. The van der Waals surface area contributed by atoms with Crippen LogP contribution in [0.1, 0.15) is 125 Å². The van der Waals surface area contributed by atoms with Gasteiger partial charge in [-0.15, -0.1) is 0 Å². The van der Waals surface area contributed by atoms with Gasteiger partial charge in [0, 0.05) is 19.3 Å². The first-order valence-corrected chi connectivity index (χ1v) is 14.1. The van der Waals surface area contributed by atoms with Crippen molar-refractivity contribution in [1.82, 2.24) is 0 Å². The minimum absolute atomic E-state index is 0.0678. The van der Waals surface area contributed by atoms with Gasteiger partial charge in [0.1, 0.15) is 6.10 Å². The lowest BCUT2D eigenvalue weighted by Crippen LogP contribution is -2.43. The second kappa shape index (κ2) is 13.6. The zero-order valence-electron chi connectivity index (χ0n) is 22.4. The van der Waals surface area contributed by atoms with Crippen LogP contribution in [0, 0.1) is 5.41 Å². The van der Waals surface area contributed by atoms with Crippen molar-refractivity contribution in [1.29, 1.82) is 0 Å². The van der Waals surface area contributed by atoms with Crippen molar-refractivity contribution in [3.05, 3.63) is 0 Å². The van der Waals surface area contributed by atoms with E-state index in [-0.39, 0.29) is 36.9 Å². The smallest absolute Gasteiger partial charge is 0.311 e. The van der Waals surface area contributed by atoms with Gasteiger partial charge in [-0.3, -0.25) is 4.79 Å². The summed E-state index contributed by atoms with van der Waals surface area (Å²) in [7, 11) is 0. The zero-order chi connectivity index (χ0) is 24.6. The molecule has 4 atom stereocenters. The van der Waals surface area contributed by atoms with E-state index >= 15 is 0 Å². The van der Waals surface area contributed by atoms with Gasteiger partial charge in [0.25, 0.3) is 0 Å². The summed E-state index contributed by atoms with van der Waals surface area (Å²) in [4.78, 5) is 12.8. The third-order valence-corrected chi connectivity index (χ3v) is 7.93. The molecule has 4 unspecified atom stereocenters. The van der Waals surface area contributed by atoms with E-state index in [0.717, 1.165) is 38.5 Å².